The zero-order valence-electron chi connectivity index (χ0n) is 21.4. The number of rotatable bonds is 8. The molecular weight excluding hydrogens is 500 g/mol. The molecule has 2 unspecified atom stereocenters. The van der Waals surface area contributed by atoms with Crippen LogP contribution in [0.15, 0.2) is 42.5 Å². The van der Waals surface area contributed by atoms with Gasteiger partial charge in [0.05, 0.1) is 43.2 Å². The Morgan fingerprint density at radius 1 is 1.16 bits per heavy atom. The number of halogens is 4. The Kier molecular flexibility index (Phi) is 8.69. The first-order chi connectivity index (χ1) is 18.2. The number of aromatic nitrogens is 1. The van der Waals surface area contributed by atoms with Gasteiger partial charge < -0.3 is 25.0 Å². The molecule has 0 spiro atoms. The number of aryl methyl sites for hydroxylation is 1. The summed E-state index contributed by atoms with van der Waals surface area (Å²) >= 11 is 0. The Balaban J connectivity index is 1.58. The highest BCUT2D eigenvalue weighted by atomic mass is 19.4. The van der Waals surface area contributed by atoms with Gasteiger partial charge in [0, 0.05) is 30.7 Å². The van der Waals surface area contributed by atoms with Crippen LogP contribution in [0.3, 0.4) is 0 Å². The van der Waals surface area contributed by atoms with Gasteiger partial charge in [0.25, 0.3) is 0 Å². The number of aliphatic hydroxyl groups excluding tert-OH is 1. The number of β-amino-alcohol motifs (C(OH)–C–C–N with tert-alkyl or cyclic N) is 1. The van der Waals surface area contributed by atoms with Crippen LogP contribution >= 0.6 is 0 Å². The average Bonchev–Trinajstić information content (AvgIpc) is 3.21. The summed E-state index contributed by atoms with van der Waals surface area (Å²) in [6.07, 6.45) is -5.10. The molecule has 1 saturated heterocycles. The lowest BCUT2D eigenvalue weighted by Gasteiger charge is -2.35. The Morgan fingerprint density at radius 3 is 2.68 bits per heavy atom. The van der Waals surface area contributed by atoms with E-state index in [0.717, 1.165) is 15.8 Å². The van der Waals surface area contributed by atoms with E-state index in [9.17, 15) is 17.6 Å². The van der Waals surface area contributed by atoms with Gasteiger partial charge in [-0.05, 0) is 55.2 Å². The summed E-state index contributed by atoms with van der Waals surface area (Å²) in [6.45, 7) is 2.16. The maximum atomic E-state index is 14.9. The second-order valence-corrected chi connectivity index (χ2v) is 9.41. The number of anilines is 2. The summed E-state index contributed by atoms with van der Waals surface area (Å²) in [5.41, 5.74) is 2.93. The fourth-order valence-corrected chi connectivity index (χ4v) is 4.76. The molecule has 0 aliphatic carbocycles. The molecule has 10 heteroatoms. The number of piperidine rings is 1. The van der Waals surface area contributed by atoms with Gasteiger partial charge >= 0.3 is 6.18 Å². The predicted octanol–water partition coefficient (Wildman–Crippen LogP) is 4.80. The average molecular weight is 533 g/mol. The first-order valence-corrected chi connectivity index (χ1v) is 12.5. The van der Waals surface area contributed by atoms with Gasteiger partial charge in [0.1, 0.15) is 18.5 Å². The van der Waals surface area contributed by atoms with Crippen LogP contribution in [0, 0.1) is 18.8 Å². The summed E-state index contributed by atoms with van der Waals surface area (Å²) in [4.78, 5) is 1.86. The Morgan fingerprint density at radius 2 is 1.97 bits per heavy atom. The molecule has 1 fully saturated rings. The normalized spacial score (nSPS) is 18.2. The third-order valence-electron chi connectivity index (χ3n) is 6.61. The van der Waals surface area contributed by atoms with Crippen LogP contribution in [0.1, 0.15) is 17.7 Å². The van der Waals surface area contributed by atoms with Gasteiger partial charge in [-0.15, -0.1) is 0 Å². The third-order valence-corrected chi connectivity index (χ3v) is 6.61. The predicted molar refractivity (Wildman–Crippen MR) is 142 cm³/mol. The van der Waals surface area contributed by atoms with Crippen LogP contribution in [0.25, 0.3) is 10.9 Å². The number of nitrogens with one attached hydrogen (secondary N) is 2. The molecule has 1 aromatic heterocycles. The molecule has 1 aliphatic heterocycles. The van der Waals surface area contributed by atoms with E-state index in [-0.39, 0.29) is 25.4 Å². The van der Waals surface area contributed by atoms with Crippen LogP contribution < -0.4 is 15.4 Å². The van der Waals surface area contributed by atoms with E-state index >= 15 is 0 Å². The van der Waals surface area contributed by atoms with E-state index in [1.54, 1.807) is 31.4 Å². The minimum atomic E-state index is -4.44. The maximum absolute atomic E-state index is 14.9. The van der Waals surface area contributed by atoms with Crippen molar-refractivity contribution in [1.29, 1.82) is 0 Å². The quantitative estimate of drug-likeness (QED) is 0.288. The lowest BCUT2D eigenvalue weighted by atomic mass is 10.0. The fourth-order valence-electron chi connectivity index (χ4n) is 4.76. The molecule has 4 rings (SSSR count). The minimum absolute atomic E-state index is 0.0330. The number of ether oxygens (including phenoxy) is 1. The van der Waals surface area contributed by atoms with Crippen LogP contribution in [0.2, 0.25) is 0 Å². The van der Waals surface area contributed by atoms with Gasteiger partial charge in [-0.2, -0.15) is 13.2 Å². The van der Waals surface area contributed by atoms with Gasteiger partial charge in [-0.1, -0.05) is 18.1 Å². The minimum Gasteiger partial charge on any atom is -0.495 e. The highest BCUT2D eigenvalue weighted by Crippen LogP contribution is 2.32. The Hall–Kier alpha value is -3.42. The summed E-state index contributed by atoms with van der Waals surface area (Å²) < 4.78 is 61.9. The second kappa shape index (κ2) is 12.0. The van der Waals surface area contributed by atoms with Crippen molar-refractivity contribution in [2.45, 2.75) is 38.3 Å². The molecular formula is C28H32F4N4O2. The van der Waals surface area contributed by atoms with E-state index < -0.39 is 24.9 Å². The molecule has 2 aromatic carbocycles. The lowest BCUT2D eigenvalue weighted by molar-refractivity contribution is -0.140. The van der Waals surface area contributed by atoms with Crippen molar-refractivity contribution in [2.24, 2.45) is 0 Å². The maximum Gasteiger partial charge on any atom is 0.406 e. The van der Waals surface area contributed by atoms with Crippen molar-refractivity contribution in [1.82, 2.24) is 9.47 Å². The van der Waals surface area contributed by atoms with E-state index in [1.165, 1.54) is 0 Å². The lowest BCUT2D eigenvalue weighted by Crippen LogP contribution is -2.48. The number of likely N-dealkylation sites (tertiary alicyclic amines) is 1. The van der Waals surface area contributed by atoms with Crippen LogP contribution in [0.5, 0.6) is 5.75 Å². The van der Waals surface area contributed by atoms with Gasteiger partial charge in [-0.3, -0.25) is 4.90 Å². The number of alkyl halides is 4. The molecule has 2 atom stereocenters. The number of methoxy groups -OCH3 is 1. The monoisotopic (exact) mass is 532 g/mol. The molecule has 3 aromatic rings. The highest BCUT2D eigenvalue weighted by molar-refractivity contribution is 5.94. The summed E-state index contributed by atoms with van der Waals surface area (Å²) in [6, 6.07) is 11.8. The van der Waals surface area contributed by atoms with E-state index in [0.29, 0.717) is 41.9 Å². The van der Waals surface area contributed by atoms with E-state index in [2.05, 4.69) is 22.5 Å². The molecule has 0 radical (unpaired) electrons. The van der Waals surface area contributed by atoms with Crippen molar-refractivity contribution in [2.75, 3.05) is 50.5 Å². The standard InChI is InChI=1S/C28H32F4N4O2/c1-19-8-9-25(27(15-19)38-2)33-11-4-5-20-16-21-23(6-3-7-26(21)36(20)18-28(30,31)32)34-24-10-12-35(13-14-37)17-22(24)29/h3,6-9,15-16,22,24,33-34,37H,10-14,17-18H2,1-2H3. The smallest absolute Gasteiger partial charge is 0.406 e. The van der Waals surface area contributed by atoms with Crippen molar-refractivity contribution in [3.8, 4) is 17.6 Å². The molecule has 38 heavy (non-hydrogen) atoms. The number of hydrogen-bond acceptors (Lipinski definition) is 5. The van der Waals surface area contributed by atoms with Gasteiger partial charge in [-0.25, -0.2) is 4.39 Å². The first kappa shape index (κ1) is 27.6. The molecule has 6 nitrogen and oxygen atoms in total. The van der Waals surface area contributed by atoms with Crippen LogP contribution in [0.4, 0.5) is 28.9 Å². The summed E-state index contributed by atoms with van der Waals surface area (Å²) in [5, 5.41) is 16.0. The number of benzene rings is 2. The van der Waals surface area contributed by atoms with Gasteiger partial charge in [0.2, 0.25) is 0 Å². The Bertz CT molecular complexity index is 1310. The van der Waals surface area contributed by atoms with E-state index in [1.807, 2.05) is 30.0 Å². The summed E-state index contributed by atoms with van der Waals surface area (Å²) in [5.74, 6) is 6.45. The molecule has 1 aliphatic rings. The third kappa shape index (κ3) is 6.71. The Labute approximate surface area is 219 Å². The zero-order chi connectivity index (χ0) is 27.3. The first-order valence-electron chi connectivity index (χ1n) is 12.5. The molecule has 0 amide bonds. The van der Waals surface area contributed by atoms with Crippen LogP contribution in [-0.2, 0) is 6.54 Å². The highest BCUT2D eigenvalue weighted by Gasteiger charge is 2.31. The van der Waals surface area contributed by atoms with Crippen molar-refractivity contribution in [3.05, 3.63) is 53.7 Å². The molecule has 0 saturated carbocycles. The van der Waals surface area contributed by atoms with Crippen molar-refractivity contribution in [3.63, 3.8) is 0 Å². The number of hydrogen-bond donors (Lipinski definition) is 3. The molecule has 2 heterocycles. The second-order valence-electron chi connectivity index (χ2n) is 9.41. The van der Waals surface area contributed by atoms with Gasteiger partial charge in [0.15, 0.2) is 0 Å². The van der Waals surface area contributed by atoms with E-state index in [4.69, 9.17) is 9.84 Å². The molecule has 3 N–H and O–H groups in total. The topological polar surface area (TPSA) is 61.7 Å². The number of aliphatic hydroxyl groups is 1. The van der Waals surface area contributed by atoms with Crippen molar-refractivity contribution < 1.29 is 27.4 Å². The SMILES string of the molecule is COc1cc(C)ccc1NCC#Cc1cc2c(NC3CCN(CCO)CC3F)cccc2n1CC(F)(F)F. The number of nitrogens with zero attached hydrogens (tertiary/aromatic N) is 2. The summed E-state index contributed by atoms with van der Waals surface area (Å²) in [7, 11) is 1.57. The molecule has 0 bridgehead atoms. The van der Waals surface area contributed by atoms with Crippen molar-refractivity contribution >= 4 is 22.3 Å². The fraction of sp³-hybridized carbons (Fsp3) is 0.429. The molecule has 204 valence electrons. The zero-order valence-corrected chi connectivity index (χ0v) is 21.4. The number of fused-ring (bicyclic) bond motifs is 1. The van der Waals surface area contributed by atoms with Crippen LogP contribution in [-0.4, -0.2) is 72.9 Å². The largest absolute Gasteiger partial charge is 0.495 e.